The highest BCUT2D eigenvalue weighted by molar-refractivity contribution is 7.09. The highest BCUT2D eigenvalue weighted by Gasteiger charge is 2.29. The molecule has 9 heteroatoms. The van der Waals surface area contributed by atoms with Gasteiger partial charge in [0.25, 0.3) is 11.5 Å². The Morgan fingerprint density at radius 2 is 2.23 bits per heavy atom. The summed E-state index contributed by atoms with van der Waals surface area (Å²) >= 11 is 1.74. The first-order valence-corrected chi connectivity index (χ1v) is 11.5. The molecule has 2 aliphatic rings. The summed E-state index contributed by atoms with van der Waals surface area (Å²) < 4.78 is 0. The molecule has 0 bridgehead atoms. The molecule has 3 aromatic rings. The SMILES string of the molecule is O=C(c1cnccn1)N1CCC[C@H](c2nc3c(c(=O)[nH]2)CN(Cc2cccs2)CC3)C1. The van der Waals surface area contributed by atoms with Crippen molar-refractivity contribution in [3.05, 3.63) is 74.1 Å². The zero-order chi connectivity index (χ0) is 21.2. The van der Waals surface area contributed by atoms with Gasteiger partial charge in [0.1, 0.15) is 11.5 Å². The number of aromatic nitrogens is 4. The standard InChI is InChI=1S/C22H24N6O2S/c29-21-17-14-27(13-16-4-2-10-31-16)9-5-18(17)25-20(26-21)15-3-1-8-28(12-15)22(30)19-11-23-6-7-24-19/h2,4,6-7,10-11,15H,1,3,5,8-9,12-14H2,(H,25,26,29)/t15-/m0/s1. The van der Waals surface area contributed by atoms with Crippen LogP contribution in [0, 0.1) is 0 Å². The average Bonchev–Trinajstić information content (AvgIpc) is 3.32. The molecule has 1 saturated heterocycles. The fourth-order valence-corrected chi connectivity index (χ4v) is 5.15. The van der Waals surface area contributed by atoms with E-state index < -0.39 is 0 Å². The van der Waals surface area contributed by atoms with E-state index >= 15 is 0 Å². The minimum absolute atomic E-state index is 0.0246. The number of nitrogens with zero attached hydrogens (tertiary/aromatic N) is 5. The van der Waals surface area contributed by atoms with Crippen LogP contribution < -0.4 is 5.56 Å². The van der Waals surface area contributed by atoms with Gasteiger partial charge in [0.2, 0.25) is 0 Å². The number of aromatic amines is 1. The lowest BCUT2D eigenvalue weighted by atomic mass is 9.96. The highest BCUT2D eigenvalue weighted by Crippen LogP contribution is 2.26. The molecule has 3 aromatic heterocycles. The van der Waals surface area contributed by atoms with E-state index in [9.17, 15) is 9.59 Å². The number of amides is 1. The summed E-state index contributed by atoms with van der Waals surface area (Å²) in [6, 6.07) is 4.18. The number of thiophene rings is 1. The molecular weight excluding hydrogens is 412 g/mol. The summed E-state index contributed by atoms with van der Waals surface area (Å²) in [5.74, 6) is 0.603. The van der Waals surface area contributed by atoms with Crippen molar-refractivity contribution < 1.29 is 4.79 Å². The Morgan fingerprint density at radius 3 is 3.03 bits per heavy atom. The number of hydrogen-bond donors (Lipinski definition) is 1. The summed E-state index contributed by atoms with van der Waals surface area (Å²) in [5, 5.41) is 2.08. The zero-order valence-corrected chi connectivity index (χ0v) is 18.0. The summed E-state index contributed by atoms with van der Waals surface area (Å²) in [6.45, 7) is 3.58. The molecule has 31 heavy (non-hydrogen) atoms. The van der Waals surface area contributed by atoms with Gasteiger partial charge in [0.05, 0.1) is 17.5 Å². The number of carbonyl (C=O) groups excluding carboxylic acids is 1. The molecule has 8 nitrogen and oxygen atoms in total. The van der Waals surface area contributed by atoms with Gasteiger partial charge in [-0.2, -0.15) is 0 Å². The molecule has 1 amide bonds. The molecular formula is C22H24N6O2S. The number of carbonyl (C=O) groups is 1. The Balaban J connectivity index is 1.32. The van der Waals surface area contributed by atoms with Gasteiger partial charge in [0, 0.05) is 62.3 Å². The van der Waals surface area contributed by atoms with Crippen molar-refractivity contribution in [3.63, 3.8) is 0 Å². The van der Waals surface area contributed by atoms with Gasteiger partial charge in [-0.1, -0.05) is 6.07 Å². The number of H-pyrrole nitrogens is 1. The lowest BCUT2D eigenvalue weighted by molar-refractivity contribution is 0.0697. The molecule has 5 heterocycles. The Labute approximate surface area is 184 Å². The number of rotatable bonds is 4. The van der Waals surface area contributed by atoms with Crippen LogP contribution >= 0.6 is 11.3 Å². The van der Waals surface area contributed by atoms with Crippen LogP contribution in [0.1, 0.15) is 51.2 Å². The van der Waals surface area contributed by atoms with Gasteiger partial charge in [-0.05, 0) is 24.3 Å². The predicted octanol–water partition coefficient (Wildman–Crippen LogP) is 2.20. The second kappa shape index (κ2) is 8.68. The Morgan fingerprint density at radius 1 is 1.29 bits per heavy atom. The van der Waals surface area contributed by atoms with Gasteiger partial charge in [-0.25, -0.2) is 9.97 Å². The number of piperidine rings is 1. The molecule has 0 radical (unpaired) electrons. The molecule has 0 saturated carbocycles. The lowest BCUT2D eigenvalue weighted by Crippen LogP contribution is -2.41. The van der Waals surface area contributed by atoms with E-state index in [0.29, 0.717) is 31.2 Å². The maximum atomic E-state index is 12.9. The fourth-order valence-electron chi connectivity index (χ4n) is 4.41. The van der Waals surface area contributed by atoms with E-state index in [-0.39, 0.29) is 17.4 Å². The van der Waals surface area contributed by atoms with E-state index in [0.717, 1.165) is 43.6 Å². The third kappa shape index (κ3) is 4.28. The monoisotopic (exact) mass is 436 g/mol. The second-order valence-electron chi connectivity index (χ2n) is 8.10. The maximum absolute atomic E-state index is 12.9. The molecule has 2 aliphatic heterocycles. The summed E-state index contributed by atoms with van der Waals surface area (Å²) in [5.41, 5.74) is 1.97. The predicted molar refractivity (Wildman–Crippen MR) is 117 cm³/mol. The molecule has 1 atom stereocenters. The molecule has 5 rings (SSSR count). The average molecular weight is 437 g/mol. The third-order valence-electron chi connectivity index (χ3n) is 6.00. The van der Waals surface area contributed by atoms with Crippen LogP contribution in [0.5, 0.6) is 0 Å². The molecule has 0 aliphatic carbocycles. The topological polar surface area (TPSA) is 95.1 Å². The minimum atomic E-state index is -0.123. The van der Waals surface area contributed by atoms with Crippen molar-refractivity contribution in [3.8, 4) is 0 Å². The van der Waals surface area contributed by atoms with Crippen LogP contribution in [0.25, 0.3) is 0 Å². The Kier molecular flexibility index (Phi) is 5.61. The quantitative estimate of drug-likeness (QED) is 0.674. The third-order valence-corrected chi connectivity index (χ3v) is 6.86. The number of fused-ring (bicyclic) bond motifs is 1. The van der Waals surface area contributed by atoms with Crippen LogP contribution in [0.15, 0.2) is 40.9 Å². The summed E-state index contributed by atoms with van der Waals surface area (Å²) in [4.78, 5) is 47.1. The zero-order valence-electron chi connectivity index (χ0n) is 17.2. The van der Waals surface area contributed by atoms with Crippen LogP contribution in [0.4, 0.5) is 0 Å². The Hall–Kier alpha value is -2.91. The summed E-state index contributed by atoms with van der Waals surface area (Å²) in [6.07, 6.45) is 7.11. The van der Waals surface area contributed by atoms with Crippen molar-refractivity contribution in [2.24, 2.45) is 0 Å². The molecule has 1 fully saturated rings. The summed E-state index contributed by atoms with van der Waals surface area (Å²) in [7, 11) is 0. The van der Waals surface area contributed by atoms with Gasteiger partial charge in [0.15, 0.2) is 0 Å². The molecule has 1 N–H and O–H groups in total. The van der Waals surface area contributed by atoms with E-state index in [1.165, 1.54) is 17.3 Å². The number of hydrogen-bond acceptors (Lipinski definition) is 7. The van der Waals surface area contributed by atoms with E-state index in [1.54, 1.807) is 22.4 Å². The smallest absolute Gasteiger partial charge is 0.274 e. The highest BCUT2D eigenvalue weighted by atomic mass is 32.1. The first-order valence-electron chi connectivity index (χ1n) is 10.6. The van der Waals surface area contributed by atoms with Gasteiger partial charge in [-0.3, -0.25) is 19.5 Å². The molecule has 160 valence electrons. The van der Waals surface area contributed by atoms with Gasteiger partial charge < -0.3 is 9.88 Å². The molecule has 0 spiro atoms. The number of nitrogens with one attached hydrogen (secondary N) is 1. The van der Waals surface area contributed by atoms with Crippen LogP contribution in [-0.4, -0.2) is 55.3 Å². The maximum Gasteiger partial charge on any atom is 0.274 e. The van der Waals surface area contributed by atoms with Crippen LogP contribution in [0.2, 0.25) is 0 Å². The normalized spacial score (nSPS) is 19.2. The van der Waals surface area contributed by atoms with Crippen molar-refractivity contribution in [2.45, 2.75) is 38.3 Å². The van der Waals surface area contributed by atoms with E-state index in [2.05, 4.69) is 37.4 Å². The van der Waals surface area contributed by atoms with Crippen molar-refractivity contribution >= 4 is 17.2 Å². The number of likely N-dealkylation sites (tertiary alicyclic amines) is 1. The first kappa shape index (κ1) is 20.0. The van der Waals surface area contributed by atoms with Crippen molar-refractivity contribution in [1.29, 1.82) is 0 Å². The lowest BCUT2D eigenvalue weighted by Gasteiger charge is -2.33. The second-order valence-corrected chi connectivity index (χ2v) is 9.13. The van der Waals surface area contributed by atoms with Gasteiger partial charge in [-0.15, -0.1) is 11.3 Å². The van der Waals surface area contributed by atoms with Crippen molar-refractivity contribution in [1.82, 2.24) is 29.7 Å². The van der Waals surface area contributed by atoms with E-state index in [4.69, 9.17) is 4.98 Å². The largest absolute Gasteiger partial charge is 0.337 e. The first-order chi connectivity index (χ1) is 15.2. The van der Waals surface area contributed by atoms with Crippen molar-refractivity contribution in [2.75, 3.05) is 19.6 Å². The van der Waals surface area contributed by atoms with E-state index in [1.807, 2.05) is 0 Å². The minimum Gasteiger partial charge on any atom is -0.337 e. The molecule has 0 aromatic carbocycles. The molecule has 0 unspecified atom stereocenters. The Bertz CT molecular complexity index is 1110. The van der Waals surface area contributed by atoms with Crippen LogP contribution in [0.3, 0.4) is 0 Å². The van der Waals surface area contributed by atoms with Crippen LogP contribution in [-0.2, 0) is 19.5 Å². The van der Waals surface area contributed by atoms with Gasteiger partial charge >= 0.3 is 0 Å². The fraction of sp³-hybridized carbons (Fsp3) is 0.409.